The Labute approximate surface area is 208 Å². The van der Waals surface area contributed by atoms with Gasteiger partial charge in [0.15, 0.2) is 5.11 Å². The number of benzene rings is 1. The molecule has 0 aliphatic rings. The van der Waals surface area contributed by atoms with Crippen LogP contribution in [-0.4, -0.2) is 63.4 Å². The zero-order chi connectivity index (χ0) is 25.0. The number of nitrogens with zero attached hydrogens (tertiary/aromatic N) is 2. The Kier molecular flexibility index (Phi) is 9.79. The smallest absolute Gasteiger partial charge is 0.343 e. The van der Waals surface area contributed by atoms with E-state index in [1.165, 1.54) is 17.1 Å². The van der Waals surface area contributed by atoms with Gasteiger partial charge in [0.2, 0.25) is 0 Å². The number of carbonyl (C=O) groups excluding carboxylic acids is 1. The molecule has 2 aromatic heterocycles. The maximum atomic E-state index is 12.4. The summed E-state index contributed by atoms with van der Waals surface area (Å²) in [5, 5.41) is 19.3. The number of H-pyrrole nitrogens is 1. The molecule has 0 fully saturated rings. The number of nitrogens with one attached hydrogen (secondary N) is 4. The quantitative estimate of drug-likeness (QED) is 0.136. The highest BCUT2D eigenvalue weighted by Gasteiger charge is 2.16. The first kappa shape index (κ1) is 25.9. The Hall–Kier alpha value is -3.73. The monoisotopic (exact) mass is 498 g/mol. The lowest BCUT2D eigenvalue weighted by molar-refractivity contribution is -0.136. The number of fused-ring (bicyclic) bond motifs is 1. The zero-order valence-electron chi connectivity index (χ0n) is 19.6. The molecule has 0 bridgehead atoms. The van der Waals surface area contributed by atoms with E-state index in [4.69, 9.17) is 22.1 Å². The summed E-state index contributed by atoms with van der Waals surface area (Å²) in [5.74, 6) is -0.282. The van der Waals surface area contributed by atoms with Gasteiger partial charge in [-0.05, 0) is 43.6 Å². The summed E-state index contributed by atoms with van der Waals surface area (Å²) in [6.07, 6.45) is 5.59. The van der Waals surface area contributed by atoms with Crippen LogP contribution in [0.3, 0.4) is 0 Å². The van der Waals surface area contributed by atoms with Crippen molar-refractivity contribution in [1.29, 1.82) is 0 Å². The summed E-state index contributed by atoms with van der Waals surface area (Å²) in [6.45, 7) is 3.39. The molecule has 0 unspecified atom stereocenters. The van der Waals surface area contributed by atoms with Crippen molar-refractivity contribution in [2.45, 2.75) is 32.6 Å². The van der Waals surface area contributed by atoms with E-state index in [1.807, 2.05) is 24.4 Å². The van der Waals surface area contributed by atoms with E-state index >= 15 is 0 Å². The SMILES string of the molecule is CCOC(=O)c1cnc(CCc2c[nH]c3ccccc23)nc1NCCCNC(=S)NCCC(=O)O. The van der Waals surface area contributed by atoms with Crippen LogP contribution >= 0.6 is 12.2 Å². The number of thiocarbonyl (C=S) groups is 1. The molecule has 10 nitrogen and oxygen atoms in total. The number of aromatic nitrogens is 3. The van der Waals surface area contributed by atoms with Crippen LogP contribution in [0.15, 0.2) is 36.7 Å². The van der Waals surface area contributed by atoms with Crippen LogP contribution in [0.4, 0.5) is 5.82 Å². The van der Waals surface area contributed by atoms with Gasteiger partial charge >= 0.3 is 11.9 Å². The molecule has 11 heteroatoms. The lowest BCUT2D eigenvalue weighted by atomic mass is 10.1. The first-order valence-corrected chi connectivity index (χ1v) is 11.9. The molecule has 0 saturated heterocycles. The summed E-state index contributed by atoms with van der Waals surface area (Å²) < 4.78 is 5.15. The topological polar surface area (TPSA) is 141 Å². The molecule has 186 valence electrons. The van der Waals surface area contributed by atoms with Crippen molar-refractivity contribution in [2.24, 2.45) is 0 Å². The van der Waals surface area contributed by atoms with Gasteiger partial charge in [-0.1, -0.05) is 18.2 Å². The lowest BCUT2D eigenvalue weighted by Crippen LogP contribution is -2.37. The molecule has 5 N–H and O–H groups in total. The van der Waals surface area contributed by atoms with Crippen LogP contribution < -0.4 is 16.0 Å². The molecule has 2 heterocycles. The Morgan fingerprint density at radius 1 is 1.14 bits per heavy atom. The number of carboxylic acid groups (broad SMARTS) is 1. The maximum absolute atomic E-state index is 12.4. The molecule has 0 aliphatic heterocycles. The Morgan fingerprint density at radius 3 is 2.74 bits per heavy atom. The molecule has 0 atom stereocenters. The molecule has 0 saturated carbocycles. The average Bonchev–Trinajstić information content (AvgIpc) is 3.25. The Balaban J connectivity index is 1.56. The highest BCUT2D eigenvalue weighted by molar-refractivity contribution is 7.80. The second kappa shape index (κ2) is 13.2. The molecular formula is C24H30N6O4S. The molecule has 0 amide bonds. The number of carbonyl (C=O) groups is 2. The number of ether oxygens (including phenoxy) is 1. The lowest BCUT2D eigenvalue weighted by Gasteiger charge is -2.13. The van der Waals surface area contributed by atoms with Crippen molar-refractivity contribution in [3.05, 3.63) is 53.6 Å². The number of esters is 1. The first-order chi connectivity index (χ1) is 17.0. The van der Waals surface area contributed by atoms with Crippen molar-refractivity contribution >= 4 is 46.0 Å². The predicted octanol–water partition coefficient (Wildman–Crippen LogP) is 2.66. The number of hydrogen-bond acceptors (Lipinski definition) is 7. The van der Waals surface area contributed by atoms with E-state index in [9.17, 15) is 9.59 Å². The van der Waals surface area contributed by atoms with Gasteiger partial charge in [-0.2, -0.15) is 0 Å². The zero-order valence-corrected chi connectivity index (χ0v) is 20.4. The number of hydrogen-bond donors (Lipinski definition) is 5. The summed E-state index contributed by atoms with van der Waals surface area (Å²) >= 11 is 5.12. The van der Waals surface area contributed by atoms with Gasteiger partial charge < -0.3 is 30.8 Å². The van der Waals surface area contributed by atoms with Crippen LogP contribution in [0, 0.1) is 0 Å². The normalized spacial score (nSPS) is 10.7. The van der Waals surface area contributed by atoms with Crippen molar-refractivity contribution < 1.29 is 19.4 Å². The largest absolute Gasteiger partial charge is 0.481 e. The van der Waals surface area contributed by atoms with Crippen LogP contribution in [-0.2, 0) is 22.4 Å². The van der Waals surface area contributed by atoms with Crippen LogP contribution in [0.5, 0.6) is 0 Å². The highest BCUT2D eigenvalue weighted by Crippen LogP contribution is 2.20. The van der Waals surface area contributed by atoms with Crippen LogP contribution in [0.1, 0.15) is 41.5 Å². The van der Waals surface area contributed by atoms with Crippen molar-refractivity contribution in [3.8, 4) is 0 Å². The number of aromatic amines is 1. The van der Waals surface area contributed by atoms with Crippen molar-refractivity contribution in [1.82, 2.24) is 25.6 Å². The molecular weight excluding hydrogens is 468 g/mol. The van der Waals surface area contributed by atoms with Gasteiger partial charge in [-0.25, -0.2) is 14.8 Å². The summed E-state index contributed by atoms with van der Waals surface area (Å²) in [7, 11) is 0. The van der Waals surface area contributed by atoms with E-state index in [0.29, 0.717) is 48.2 Å². The van der Waals surface area contributed by atoms with Crippen LogP contribution in [0.2, 0.25) is 0 Å². The average molecular weight is 499 g/mol. The van der Waals surface area contributed by atoms with Crippen molar-refractivity contribution in [3.63, 3.8) is 0 Å². The third-order valence-corrected chi connectivity index (χ3v) is 5.47. The van der Waals surface area contributed by atoms with Crippen molar-refractivity contribution in [2.75, 3.05) is 31.6 Å². The number of carboxylic acids is 1. The molecule has 1 aromatic carbocycles. The number of para-hydroxylation sites is 1. The Morgan fingerprint density at radius 2 is 1.94 bits per heavy atom. The molecule has 0 radical (unpaired) electrons. The third-order valence-electron chi connectivity index (χ3n) is 5.18. The molecule has 3 rings (SSSR count). The van der Waals surface area contributed by atoms with Gasteiger partial charge in [-0.15, -0.1) is 0 Å². The molecule has 3 aromatic rings. The minimum absolute atomic E-state index is 0.00361. The third kappa shape index (κ3) is 7.92. The van der Waals surface area contributed by atoms with E-state index < -0.39 is 11.9 Å². The minimum Gasteiger partial charge on any atom is -0.481 e. The van der Waals surface area contributed by atoms with E-state index in [-0.39, 0.29) is 19.6 Å². The van der Waals surface area contributed by atoms with E-state index in [2.05, 4.69) is 37.0 Å². The van der Waals surface area contributed by atoms with Gasteiger partial charge in [-0.3, -0.25) is 4.79 Å². The van der Waals surface area contributed by atoms with Gasteiger partial charge in [0, 0.05) is 49.4 Å². The fourth-order valence-corrected chi connectivity index (χ4v) is 3.66. The fourth-order valence-electron chi connectivity index (χ4n) is 3.46. The Bertz CT molecular complexity index is 1170. The second-order valence-corrected chi connectivity index (χ2v) is 8.14. The van der Waals surface area contributed by atoms with Gasteiger partial charge in [0.05, 0.1) is 13.0 Å². The predicted molar refractivity (Wildman–Crippen MR) is 138 cm³/mol. The summed E-state index contributed by atoms with van der Waals surface area (Å²) in [4.78, 5) is 35.2. The van der Waals surface area contributed by atoms with E-state index in [1.54, 1.807) is 6.92 Å². The van der Waals surface area contributed by atoms with Gasteiger partial charge in [0.25, 0.3) is 0 Å². The maximum Gasteiger partial charge on any atom is 0.343 e. The minimum atomic E-state index is -0.882. The molecule has 0 aliphatic carbocycles. The van der Waals surface area contributed by atoms with Gasteiger partial charge in [0.1, 0.15) is 17.2 Å². The van der Waals surface area contributed by atoms with E-state index in [0.717, 1.165) is 11.9 Å². The molecule has 35 heavy (non-hydrogen) atoms. The fraction of sp³-hybridized carbons (Fsp3) is 0.375. The molecule has 0 spiro atoms. The standard InChI is InChI=1S/C24H30N6O4S/c1-2-34-23(33)18-15-29-20(9-8-16-14-28-19-7-4-3-6-17(16)19)30-22(18)25-11-5-12-26-24(35)27-13-10-21(31)32/h3-4,6-7,14-15,28H,2,5,8-13H2,1H3,(H,31,32)(H,25,29,30)(H2,26,27,35). The summed E-state index contributed by atoms with van der Waals surface area (Å²) in [6, 6.07) is 8.14. The number of aliphatic carboxylic acids is 1. The second-order valence-electron chi connectivity index (χ2n) is 7.74. The number of aryl methyl sites for hydroxylation is 2. The first-order valence-electron chi connectivity index (χ1n) is 11.5. The van der Waals surface area contributed by atoms with Crippen LogP contribution in [0.25, 0.3) is 10.9 Å². The highest BCUT2D eigenvalue weighted by atomic mass is 32.1. The summed E-state index contributed by atoms with van der Waals surface area (Å²) in [5.41, 5.74) is 2.57. The number of anilines is 1. The number of rotatable bonds is 13.